The Labute approximate surface area is 190 Å². The van der Waals surface area contributed by atoms with Crippen LogP contribution in [0.25, 0.3) is 11.9 Å². The number of nitrogens with one attached hydrogen (secondary N) is 2. The largest absolute Gasteiger partial charge is 0.497 e. The molecule has 2 aliphatic rings. The van der Waals surface area contributed by atoms with Crippen molar-refractivity contribution in [2.75, 3.05) is 25.5 Å². The summed E-state index contributed by atoms with van der Waals surface area (Å²) in [5.74, 6) is 0.564. The van der Waals surface area contributed by atoms with E-state index in [4.69, 9.17) is 4.74 Å². The molecule has 170 valence electrons. The number of carbonyl (C=O) groups excluding carboxylic acids is 1. The Morgan fingerprint density at radius 3 is 2.91 bits per heavy atom. The van der Waals surface area contributed by atoms with Crippen molar-refractivity contribution in [2.24, 2.45) is 4.99 Å². The van der Waals surface area contributed by atoms with Crippen LogP contribution in [0.15, 0.2) is 41.5 Å². The van der Waals surface area contributed by atoms with Crippen LogP contribution in [0.2, 0.25) is 0 Å². The SMILES string of the molecule is COc1ccc(-n2nc(C3CCNCC3)cc2NC(=O)c2cnn3c2N=CCC=C3)c(F)c1. The summed E-state index contributed by atoms with van der Waals surface area (Å²) in [4.78, 5) is 17.5. The van der Waals surface area contributed by atoms with E-state index < -0.39 is 11.7 Å². The molecule has 2 N–H and O–H groups in total. The monoisotopic (exact) mass is 449 g/mol. The van der Waals surface area contributed by atoms with E-state index in [-0.39, 0.29) is 11.6 Å². The van der Waals surface area contributed by atoms with Crippen molar-refractivity contribution < 1.29 is 13.9 Å². The second kappa shape index (κ2) is 8.99. The number of anilines is 1. The summed E-state index contributed by atoms with van der Waals surface area (Å²) in [6, 6.07) is 6.37. The predicted octanol–water partition coefficient (Wildman–Crippen LogP) is 3.51. The Hall–Kier alpha value is -3.79. The zero-order valence-corrected chi connectivity index (χ0v) is 18.2. The Morgan fingerprint density at radius 1 is 1.27 bits per heavy atom. The van der Waals surface area contributed by atoms with Gasteiger partial charge in [-0.25, -0.2) is 18.7 Å². The molecule has 10 heteroatoms. The number of hydrogen-bond donors (Lipinski definition) is 2. The number of fused-ring (bicyclic) bond motifs is 1. The summed E-state index contributed by atoms with van der Waals surface area (Å²) >= 11 is 0. The lowest BCUT2D eigenvalue weighted by molar-refractivity contribution is 0.102. The lowest BCUT2D eigenvalue weighted by atomic mass is 9.95. The molecule has 0 aliphatic carbocycles. The molecule has 0 saturated carbocycles. The van der Waals surface area contributed by atoms with Gasteiger partial charge in [0.1, 0.15) is 22.8 Å². The topological polar surface area (TPSA) is 98.4 Å². The van der Waals surface area contributed by atoms with Crippen molar-refractivity contribution in [1.82, 2.24) is 24.9 Å². The highest BCUT2D eigenvalue weighted by molar-refractivity contribution is 6.07. The number of aliphatic imine (C=N–C) groups is 1. The van der Waals surface area contributed by atoms with Gasteiger partial charge in [-0.3, -0.25) is 4.79 Å². The van der Waals surface area contributed by atoms with Crippen LogP contribution in [-0.2, 0) is 0 Å². The Morgan fingerprint density at radius 2 is 2.12 bits per heavy atom. The van der Waals surface area contributed by atoms with E-state index in [2.05, 4.69) is 25.8 Å². The lowest BCUT2D eigenvalue weighted by Crippen LogP contribution is -2.26. The van der Waals surface area contributed by atoms with Crippen LogP contribution in [0.4, 0.5) is 16.0 Å². The normalized spacial score (nSPS) is 15.8. The minimum atomic E-state index is -0.501. The highest BCUT2D eigenvalue weighted by Gasteiger charge is 2.24. The first-order valence-electron chi connectivity index (χ1n) is 10.9. The van der Waals surface area contributed by atoms with E-state index in [1.54, 1.807) is 29.2 Å². The zero-order valence-electron chi connectivity index (χ0n) is 18.2. The molecular formula is C23H24FN7O2. The molecule has 1 saturated heterocycles. The van der Waals surface area contributed by atoms with Crippen molar-refractivity contribution in [3.8, 4) is 11.4 Å². The van der Waals surface area contributed by atoms with Crippen LogP contribution < -0.4 is 15.4 Å². The molecule has 3 aromatic rings. The molecule has 4 heterocycles. The number of aromatic nitrogens is 4. The maximum Gasteiger partial charge on any atom is 0.262 e. The van der Waals surface area contributed by atoms with Crippen LogP contribution in [0.3, 0.4) is 0 Å². The van der Waals surface area contributed by atoms with Crippen molar-refractivity contribution in [3.63, 3.8) is 0 Å². The third-order valence-corrected chi connectivity index (χ3v) is 5.83. The molecule has 1 fully saturated rings. The van der Waals surface area contributed by atoms with Gasteiger partial charge < -0.3 is 15.4 Å². The zero-order chi connectivity index (χ0) is 22.8. The lowest BCUT2D eigenvalue weighted by Gasteiger charge is -2.20. The molecule has 0 bridgehead atoms. The van der Waals surface area contributed by atoms with Gasteiger partial charge in [0.15, 0.2) is 11.6 Å². The van der Waals surface area contributed by atoms with Gasteiger partial charge in [-0.2, -0.15) is 10.2 Å². The van der Waals surface area contributed by atoms with E-state index in [0.29, 0.717) is 29.4 Å². The van der Waals surface area contributed by atoms with Crippen LogP contribution >= 0.6 is 0 Å². The molecule has 33 heavy (non-hydrogen) atoms. The first kappa shape index (κ1) is 21.1. The number of methoxy groups -OCH3 is 1. The minimum Gasteiger partial charge on any atom is -0.497 e. The van der Waals surface area contributed by atoms with Gasteiger partial charge in [-0.15, -0.1) is 0 Å². The van der Waals surface area contributed by atoms with Gasteiger partial charge in [-0.05, 0) is 38.1 Å². The number of piperidine rings is 1. The number of nitrogens with zero attached hydrogens (tertiary/aromatic N) is 5. The van der Waals surface area contributed by atoms with Gasteiger partial charge in [0.25, 0.3) is 5.91 Å². The van der Waals surface area contributed by atoms with Gasteiger partial charge in [0.2, 0.25) is 0 Å². The summed E-state index contributed by atoms with van der Waals surface area (Å²) in [5, 5.41) is 15.1. The van der Waals surface area contributed by atoms with E-state index in [1.165, 1.54) is 24.1 Å². The van der Waals surface area contributed by atoms with Crippen molar-refractivity contribution in [1.29, 1.82) is 0 Å². The predicted molar refractivity (Wildman–Crippen MR) is 123 cm³/mol. The second-order valence-corrected chi connectivity index (χ2v) is 7.92. The van der Waals surface area contributed by atoms with E-state index in [1.807, 2.05) is 12.1 Å². The number of halogens is 1. The maximum absolute atomic E-state index is 14.9. The number of benzene rings is 1. The number of carbonyl (C=O) groups is 1. The first-order valence-corrected chi connectivity index (χ1v) is 10.9. The molecule has 1 amide bonds. The average Bonchev–Trinajstić information content (AvgIpc) is 3.36. The van der Waals surface area contributed by atoms with Gasteiger partial charge >= 0.3 is 0 Å². The molecule has 0 atom stereocenters. The minimum absolute atomic E-state index is 0.223. The van der Waals surface area contributed by atoms with Crippen LogP contribution in [0, 0.1) is 5.82 Å². The molecular weight excluding hydrogens is 425 g/mol. The smallest absolute Gasteiger partial charge is 0.262 e. The molecule has 0 radical (unpaired) electrons. The highest BCUT2D eigenvalue weighted by atomic mass is 19.1. The molecule has 5 rings (SSSR count). The number of hydrogen-bond acceptors (Lipinski definition) is 6. The van der Waals surface area contributed by atoms with E-state index in [0.717, 1.165) is 31.6 Å². The first-order chi connectivity index (χ1) is 16.1. The molecule has 1 aromatic carbocycles. The number of allylic oxidation sites excluding steroid dienone is 1. The highest BCUT2D eigenvalue weighted by Crippen LogP contribution is 2.30. The van der Waals surface area contributed by atoms with Crippen molar-refractivity contribution >= 4 is 30.0 Å². The fourth-order valence-corrected chi connectivity index (χ4v) is 4.07. The molecule has 2 aliphatic heterocycles. The summed E-state index contributed by atoms with van der Waals surface area (Å²) in [7, 11) is 1.48. The molecule has 9 nitrogen and oxygen atoms in total. The molecule has 2 aromatic heterocycles. The number of amides is 1. The number of ether oxygens (including phenoxy) is 1. The quantitative estimate of drug-likeness (QED) is 0.621. The van der Waals surface area contributed by atoms with Gasteiger partial charge in [0, 0.05) is 36.9 Å². The van der Waals surface area contributed by atoms with Gasteiger partial charge in [0.05, 0.1) is 19.0 Å². The Bertz CT molecular complexity index is 1240. The summed E-state index contributed by atoms with van der Waals surface area (Å²) in [6.45, 7) is 1.79. The third-order valence-electron chi connectivity index (χ3n) is 5.83. The summed E-state index contributed by atoms with van der Waals surface area (Å²) in [5.41, 5.74) is 1.36. The van der Waals surface area contributed by atoms with E-state index >= 15 is 0 Å². The Kier molecular flexibility index (Phi) is 5.74. The fraction of sp³-hybridized carbons (Fsp3) is 0.304. The summed E-state index contributed by atoms with van der Waals surface area (Å²) in [6.07, 6.45) is 9.38. The van der Waals surface area contributed by atoms with E-state index in [9.17, 15) is 9.18 Å². The third kappa shape index (κ3) is 4.17. The van der Waals surface area contributed by atoms with Crippen LogP contribution in [0.5, 0.6) is 5.75 Å². The number of rotatable bonds is 5. The Balaban J connectivity index is 1.52. The standard InChI is InChI=1S/C23H24FN7O2/c1-33-16-4-5-20(18(24)12-16)31-21(13-19(29-31)15-6-9-25-10-7-15)28-23(32)17-14-27-30-11-3-2-8-26-22(17)30/h3-5,8,11-15,25H,2,6-7,9-10H2,1H3,(H,28,32). The molecule has 0 spiro atoms. The fourth-order valence-electron chi connectivity index (χ4n) is 4.07. The van der Waals surface area contributed by atoms with Crippen LogP contribution in [-0.4, -0.2) is 51.9 Å². The summed E-state index contributed by atoms with van der Waals surface area (Å²) < 4.78 is 23.0. The van der Waals surface area contributed by atoms with Crippen molar-refractivity contribution in [3.05, 3.63) is 53.6 Å². The van der Waals surface area contributed by atoms with Gasteiger partial charge in [-0.1, -0.05) is 6.08 Å². The maximum atomic E-state index is 14.9. The average molecular weight is 449 g/mol. The second-order valence-electron chi connectivity index (χ2n) is 7.92. The van der Waals surface area contributed by atoms with Crippen LogP contribution in [0.1, 0.15) is 41.2 Å². The van der Waals surface area contributed by atoms with Crippen molar-refractivity contribution in [2.45, 2.75) is 25.2 Å². The molecule has 0 unspecified atom stereocenters.